The molecular weight excluding hydrogens is 196 g/mol. The van der Waals surface area contributed by atoms with Gasteiger partial charge in [-0.2, -0.15) is 0 Å². The Balaban J connectivity index is 1.76. The molecule has 90 valence electrons. The van der Waals surface area contributed by atoms with Crippen LogP contribution in [0.2, 0.25) is 0 Å². The van der Waals surface area contributed by atoms with E-state index in [4.69, 9.17) is 0 Å². The summed E-state index contributed by atoms with van der Waals surface area (Å²) in [6, 6.07) is 0. The van der Waals surface area contributed by atoms with Crippen molar-refractivity contribution in [1.29, 1.82) is 0 Å². The summed E-state index contributed by atoms with van der Waals surface area (Å²) in [6.07, 6.45) is 9.46. The van der Waals surface area contributed by atoms with E-state index in [0.717, 1.165) is 24.2 Å². The van der Waals surface area contributed by atoms with Gasteiger partial charge in [-0.1, -0.05) is 13.8 Å². The van der Waals surface area contributed by atoms with Crippen LogP contribution >= 0.6 is 0 Å². The molecule has 0 aromatic carbocycles. The molecule has 4 fully saturated rings. The molecule has 4 rings (SSSR count). The summed E-state index contributed by atoms with van der Waals surface area (Å²) in [6.45, 7) is 4.12. The third kappa shape index (κ3) is 1.72. The van der Waals surface area contributed by atoms with Crippen LogP contribution in [0.25, 0.3) is 0 Å². The van der Waals surface area contributed by atoms with E-state index in [-0.39, 0.29) is 5.92 Å². The number of Topliss-reactive ketones (excluding diaryl/α,β-unsaturated/α-hetero) is 1. The summed E-state index contributed by atoms with van der Waals surface area (Å²) in [7, 11) is 0. The number of carbonyl (C=O) groups excluding carboxylic acids is 1. The molecule has 0 N–H and O–H groups in total. The lowest BCUT2D eigenvalue weighted by atomic mass is 9.48. The Morgan fingerprint density at radius 3 is 1.88 bits per heavy atom. The van der Waals surface area contributed by atoms with E-state index in [9.17, 15) is 4.79 Å². The molecule has 0 aliphatic heterocycles. The van der Waals surface area contributed by atoms with Crippen LogP contribution in [-0.2, 0) is 4.79 Å². The zero-order valence-corrected chi connectivity index (χ0v) is 10.7. The standard InChI is InChI=1S/C15H24O/c1-10(2)14(16)9-15-6-11-3-12(7-15)5-13(4-11)8-15/h10-13H,3-9H2,1-2H3. The Morgan fingerprint density at radius 1 is 1.06 bits per heavy atom. The van der Waals surface area contributed by atoms with Crippen LogP contribution in [0, 0.1) is 29.1 Å². The van der Waals surface area contributed by atoms with Crippen LogP contribution in [0.5, 0.6) is 0 Å². The van der Waals surface area contributed by atoms with Crippen molar-refractivity contribution < 1.29 is 4.79 Å². The maximum atomic E-state index is 12.0. The van der Waals surface area contributed by atoms with Gasteiger partial charge in [0, 0.05) is 12.3 Å². The molecule has 0 atom stereocenters. The third-order valence-electron chi connectivity index (χ3n) is 5.36. The first-order chi connectivity index (χ1) is 7.56. The monoisotopic (exact) mass is 220 g/mol. The summed E-state index contributed by atoms with van der Waals surface area (Å²) in [5.41, 5.74) is 0.454. The molecule has 4 aliphatic rings. The van der Waals surface area contributed by atoms with Crippen molar-refractivity contribution in [3.8, 4) is 0 Å². The molecule has 0 saturated heterocycles. The summed E-state index contributed by atoms with van der Waals surface area (Å²) >= 11 is 0. The lowest BCUT2D eigenvalue weighted by Gasteiger charge is -2.57. The molecule has 4 aliphatic carbocycles. The van der Waals surface area contributed by atoms with E-state index in [2.05, 4.69) is 13.8 Å². The van der Waals surface area contributed by atoms with E-state index in [1.165, 1.54) is 38.5 Å². The number of hydrogen-bond acceptors (Lipinski definition) is 1. The second kappa shape index (κ2) is 3.58. The second-order valence-corrected chi connectivity index (χ2v) is 7.22. The van der Waals surface area contributed by atoms with Gasteiger partial charge in [0.2, 0.25) is 0 Å². The van der Waals surface area contributed by atoms with Crippen LogP contribution in [0.1, 0.15) is 58.8 Å². The van der Waals surface area contributed by atoms with Crippen molar-refractivity contribution in [2.45, 2.75) is 58.8 Å². The molecule has 0 amide bonds. The predicted octanol–water partition coefficient (Wildman–Crippen LogP) is 3.82. The highest BCUT2D eigenvalue weighted by molar-refractivity contribution is 5.81. The van der Waals surface area contributed by atoms with E-state index in [0.29, 0.717) is 11.2 Å². The molecule has 0 heterocycles. The Kier molecular flexibility index (Phi) is 2.42. The second-order valence-electron chi connectivity index (χ2n) is 7.22. The van der Waals surface area contributed by atoms with Crippen molar-refractivity contribution in [3.05, 3.63) is 0 Å². The van der Waals surface area contributed by atoms with Crippen molar-refractivity contribution in [3.63, 3.8) is 0 Å². The molecule has 0 aromatic heterocycles. The maximum Gasteiger partial charge on any atom is 0.135 e. The summed E-state index contributed by atoms with van der Waals surface area (Å²) in [4.78, 5) is 12.0. The summed E-state index contributed by atoms with van der Waals surface area (Å²) < 4.78 is 0. The van der Waals surface area contributed by atoms with Gasteiger partial charge < -0.3 is 0 Å². The minimum absolute atomic E-state index is 0.244. The minimum atomic E-state index is 0.244. The van der Waals surface area contributed by atoms with Crippen LogP contribution in [-0.4, -0.2) is 5.78 Å². The smallest absolute Gasteiger partial charge is 0.135 e. The largest absolute Gasteiger partial charge is 0.299 e. The van der Waals surface area contributed by atoms with Gasteiger partial charge in [-0.05, 0) is 61.7 Å². The zero-order chi connectivity index (χ0) is 11.3. The Morgan fingerprint density at radius 2 is 1.50 bits per heavy atom. The van der Waals surface area contributed by atoms with Crippen LogP contribution in [0.15, 0.2) is 0 Å². The molecule has 4 bridgehead atoms. The van der Waals surface area contributed by atoms with E-state index in [1.54, 1.807) is 0 Å². The van der Waals surface area contributed by atoms with Crippen molar-refractivity contribution in [2.75, 3.05) is 0 Å². The number of hydrogen-bond donors (Lipinski definition) is 0. The number of carbonyl (C=O) groups is 1. The van der Waals surface area contributed by atoms with E-state index in [1.807, 2.05) is 0 Å². The quantitative estimate of drug-likeness (QED) is 0.706. The third-order valence-corrected chi connectivity index (χ3v) is 5.36. The first kappa shape index (κ1) is 10.8. The highest BCUT2D eigenvalue weighted by atomic mass is 16.1. The SMILES string of the molecule is CC(C)C(=O)CC12CC3CC(CC(C3)C1)C2. The van der Waals surface area contributed by atoms with Gasteiger partial charge in [0.1, 0.15) is 5.78 Å². The Hall–Kier alpha value is -0.330. The van der Waals surface area contributed by atoms with Gasteiger partial charge in [0.15, 0.2) is 0 Å². The fraction of sp³-hybridized carbons (Fsp3) is 0.933. The molecule has 0 spiro atoms. The van der Waals surface area contributed by atoms with Crippen LogP contribution in [0.3, 0.4) is 0 Å². The minimum Gasteiger partial charge on any atom is -0.299 e. The van der Waals surface area contributed by atoms with E-state index < -0.39 is 0 Å². The average molecular weight is 220 g/mol. The van der Waals surface area contributed by atoms with Gasteiger partial charge in [-0.25, -0.2) is 0 Å². The zero-order valence-electron chi connectivity index (χ0n) is 10.7. The predicted molar refractivity (Wildman–Crippen MR) is 65.1 cm³/mol. The number of ketones is 1. The number of rotatable bonds is 3. The average Bonchev–Trinajstić information content (AvgIpc) is 2.13. The lowest BCUT2D eigenvalue weighted by molar-refractivity contribution is -0.130. The molecule has 0 aromatic rings. The maximum absolute atomic E-state index is 12.0. The highest BCUT2D eigenvalue weighted by Gasteiger charge is 2.51. The van der Waals surface area contributed by atoms with Crippen LogP contribution < -0.4 is 0 Å². The Labute approximate surface area is 99.0 Å². The van der Waals surface area contributed by atoms with Crippen molar-refractivity contribution in [2.24, 2.45) is 29.1 Å². The normalized spacial score (nSPS) is 45.3. The van der Waals surface area contributed by atoms with Crippen LogP contribution in [0.4, 0.5) is 0 Å². The van der Waals surface area contributed by atoms with Gasteiger partial charge in [-0.15, -0.1) is 0 Å². The van der Waals surface area contributed by atoms with Crippen molar-refractivity contribution in [1.82, 2.24) is 0 Å². The summed E-state index contributed by atoms with van der Waals surface area (Å²) in [5, 5.41) is 0. The molecule has 0 unspecified atom stereocenters. The van der Waals surface area contributed by atoms with Gasteiger partial charge in [0.05, 0.1) is 0 Å². The molecule has 0 radical (unpaired) electrons. The van der Waals surface area contributed by atoms with Gasteiger partial charge >= 0.3 is 0 Å². The molecular formula is C15H24O. The van der Waals surface area contributed by atoms with E-state index >= 15 is 0 Å². The molecule has 16 heavy (non-hydrogen) atoms. The fourth-order valence-electron chi connectivity index (χ4n) is 5.08. The van der Waals surface area contributed by atoms with Gasteiger partial charge in [-0.3, -0.25) is 4.79 Å². The molecule has 4 saturated carbocycles. The fourth-order valence-corrected chi connectivity index (χ4v) is 5.08. The molecule has 1 heteroatoms. The first-order valence-corrected chi connectivity index (χ1v) is 7.09. The lowest BCUT2D eigenvalue weighted by Crippen LogP contribution is -2.47. The highest BCUT2D eigenvalue weighted by Crippen LogP contribution is 2.61. The topological polar surface area (TPSA) is 17.1 Å². The molecule has 1 nitrogen and oxygen atoms in total. The Bertz CT molecular complexity index is 267. The van der Waals surface area contributed by atoms with Gasteiger partial charge in [0.25, 0.3) is 0 Å². The van der Waals surface area contributed by atoms with Crippen molar-refractivity contribution >= 4 is 5.78 Å². The summed E-state index contributed by atoms with van der Waals surface area (Å²) in [5.74, 6) is 3.69. The first-order valence-electron chi connectivity index (χ1n) is 7.09.